The first-order chi connectivity index (χ1) is 13.6. The van der Waals surface area contributed by atoms with E-state index in [9.17, 15) is 9.59 Å². The summed E-state index contributed by atoms with van der Waals surface area (Å²) in [4.78, 5) is 33.0. The molecule has 28 heavy (non-hydrogen) atoms. The Hall–Kier alpha value is -2.64. The standard InChI is InChI=1S/C20H22ClN5O2/c21-14-3-1-13(2-4-14)16(12-22)20(28)26-9-7-25(8-10-26)17-5-6-23-19-15(17)11-18(27)24-19/h1-6,16H,7-12,22H2,(H,23,24,27). The van der Waals surface area contributed by atoms with Crippen LogP contribution in [0.1, 0.15) is 17.0 Å². The van der Waals surface area contributed by atoms with Gasteiger partial charge in [0.15, 0.2) is 0 Å². The Labute approximate surface area is 168 Å². The van der Waals surface area contributed by atoms with Crippen molar-refractivity contribution in [3.63, 3.8) is 0 Å². The van der Waals surface area contributed by atoms with Gasteiger partial charge in [-0.2, -0.15) is 0 Å². The molecule has 2 amide bonds. The Morgan fingerprint density at radius 2 is 1.89 bits per heavy atom. The van der Waals surface area contributed by atoms with Crippen LogP contribution in [-0.2, 0) is 16.0 Å². The SMILES string of the molecule is NCC(C(=O)N1CCN(c2ccnc3c2CC(=O)N3)CC1)c1ccc(Cl)cc1. The predicted octanol–water partition coefficient (Wildman–Crippen LogP) is 1.62. The van der Waals surface area contributed by atoms with Gasteiger partial charge in [0.25, 0.3) is 0 Å². The van der Waals surface area contributed by atoms with E-state index in [4.69, 9.17) is 17.3 Å². The minimum atomic E-state index is -0.365. The normalized spacial score (nSPS) is 17.3. The summed E-state index contributed by atoms with van der Waals surface area (Å²) in [7, 11) is 0. The molecule has 0 saturated carbocycles. The number of amides is 2. The summed E-state index contributed by atoms with van der Waals surface area (Å²) in [5.74, 6) is 0.293. The van der Waals surface area contributed by atoms with Crippen LogP contribution in [0.15, 0.2) is 36.5 Å². The molecule has 1 aromatic heterocycles. The highest BCUT2D eigenvalue weighted by Crippen LogP contribution is 2.31. The third-order valence-corrected chi connectivity index (χ3v) is 5.62. The zero-order chi connectivity index (χ0) is 19.7. The molecule has 2 aliphatic rings. The molecular formula is C20H22ClN5O2. The number of halogens is 1. The number of hydrogen-bond donors (Lipinski definition) is 2. The molecule has 0 bridgehead atoms. The van der Waals surface area contributed by atoms with Crippen molar-refractivity contribution in [3.8, 4) is 0 Å². The fourth-order valence-electron chi connectivity index (χ4n) is 3.86. The maximum Gasteiger partial charge on any atom is 0.231 e. The summed E-state index contributed by atoms with van der Waals surface area (Å²) in [6.07, 6.45) is 2.06. The van der Waals surface area contributed by atoms with E-state index in [-0.39, 0.29) is 24.3 Å². The van der Waals surface area contributed by atoms with E-state index in [0.29, 0.717) is 43.4 Å². The second-order valence-corrected chi connectivity index (χ2v) is 7.47. The Morgan fingerprint density at radius 1 is 1.18 bits per heavy atom. The molecule has 0 spiro atoms. The van der Waals surface area contributed by atoms with Gasteiger partial charge in [-0.05, 0) is 23.8 Å². The van der Waals surface area contributed by atoms with Gasteiger partial charge >= 0.3 is 0 Å². The van der Waals surface area contributed by atoms with Crippen LogP contribution in [0.25, 0.3) is 0 Å². The lowest BCUT2D eigenvalue weighted by Crippen LogP contribution is -2.51. The number of benzene rings is 1. The fourth-order valence-corrected chi connectivity index (χ4v) is 3.99. The first-order valence-electron chi connectivity index (χ1n) is 9.34. The molecular weight excluding hydrogens is 378 g/mol. The number of rotatable bonds is 4. The van der Waals surface area contributed by atoms with E-state index < -0.39 is 0 Å². The molecule has 1 unspecified atom stereocenters. The quantitative estimate of drug-likeness (QED) is 0.815. The number of aromatic nitrogens is 1. The molecule has 1 saturated heterocycles. The average molecular weight is 400 g/mol. The minimum absolute atomic E-state index is 0.0301. The second kappa shape index (κ2) is 7.77. The van der Waals surface area contributed by atoms with Crippen LogP contribution in [0.3, 0.4) is 0 Å². The molecule has 146 valence electrons. The monoisotopic (exact) mass is 399 g/mol. The summed E-state index contributed by atoms with van der Waals surface area (Å²) in [5, 5.41) is 3.42. The lowest BCUT2D eigenvalue weighted by molar-refractivity contribution is -0.132. The first-order valence-corrected chi connectivity index (χ1v) is 9.71. The molecule has 2 aromatic rings. The van der Waals surface area contributed by atoms with Crippen molar-refractivity contribution in [1.29, 1.82) is 0 Å². The number of fused-ring (bicyclic) bond motifs is 1. The summed E-state index contributed by atoms with van der Waals surface area (Å²) in [5.41, 5.74) is 8.75. The maximum absolute atomic E-state index is 13.0. The number of carbonyl (C=O) groups excluding carboxylic acids is 2. The van der Waals surface area contributed by atoms with Crippen LogP contribution in [-0.4, -0.2) is 54.4 Å². The van der Waals surface area contributed by atoms with Crippen LogP contribution < -0.4 is 16.0 Å². The zero-order valence-electron chi connectivity index (χ0n) is 15.4. The first kappa shape index (κ1) is 18.7. The topological polar surface area (TPSA) is 91.6 Å². The van der Waals surface area contributed by atoms with Crippen LogP contribution in [0.4, 0.5) is 11.5 Å². The summed E-state index contributed by atoms with van der Waals surface area (Å²) in [6.45, 7) is 2.89. The van der Waals surface area contributed by atoms with Gasteiger partial charge in [0, 0.05) is 55.2 Å². The lowest BCUT2D eigenvalue weighted by Gasteiger charge is -2.38. The average Bonchev–Trinajstić information content (AvgIpc) is 3.10. The van der Waals surface area contributed by atoms with Gasteiger partial charge in [-0.25, -0.2) is 4.98 Å². The highest BCUT2D eigenvalue weighted by molar-refractivity contribution is 6.30. The Kier molecular flexibility index (Phi) is 5.19. The third-order valence-electron chi connectivity index (χ3n) is 5.36. The van der Waals surface area contributed by atoms with Crippen molar-refractivity contribution < 1.29 is 9.59 Å². The molecule has 7 nitrogen and oxygen atoms in total. The summed E-state index contributed by atoms with van der Waals surface area (Å²) in [6, 6.07) is 9.22. The highest BCUT2D eigenvalue weighted by Gasteiger charge is 2.30. The highest BCUT2D eigenvalue weighted by atomic mass is 35.5. The molecule has 1 aromatic carbocycles. The molecule has 1 atom stereocenters. The molecule has 4 rings (SSSR count). The Bertz CT molecular complexity index is 894. The third kappa shape index (κ3) is 3.55. The number of hydrogen-bond acceptors (Lipinski definition) is 5. The van der Waals surface area contributed by atoms with Crippen LogP contribution in [0, 0.1) is 0 Å². The second-order valence-electron chi connectivity index (χ2n) is 7.03. The van der Waals surface area contributed by atoms with Crippen molar-refractivity contribution in [2.24, 2.45) is 5.73 Å². The van der Waals surface area contributed by atoms with E-state index in [1.54, 1.807) is 18.3 Å². The molecule has 0 radical (unpaired) electrons. The van der Waals surface area contributed by atoms with Gasteiger partial charge in [-0.1, -0.05) is 23.7 Å². The van der Waals surface area contributed by atoms with E-state index in [2.05, 4.69) is 15.2 Å². The largest absolute Gasteiger partial charge is 0.368 e. The van der Waals surface area contributed by atoms with Gasteiger partial charge in [0.1, 0.15) is 5.82 Å². The maximum atomic E-state index is 13.0. The van der Waals surface area contributed by atoms with Crippen LogP contribution in [0.5, 0.6) is 0 Å². The number of nitrogens with one attached hydrogen (secondary N) is 1. The van der Waals surface area contributed by atoms with Crippen LogP contribution >= 0.6 is 11.6 Å². The number of anilines is 2. The van der Waals surface area contributed by atoms with Gasteiger partial charge < -0.3 is 20.9 Å². The van der Waals surface area contributed by atoms with Crippen molar-refractivity contribution in [1.82, 2.24) is 9.88 Å². The molecule has 3 N–H and O–H groups in total. The van der Waals surface area contributed by atoms with Crippen molar-refractivity contribution >= 4 is 34.9 Å². The molecule has 8 heteroatoms. The van der Waals surface area contributed by atoms with Crippen molar-refractivity contribution in [2.45, 2.75) is 12.3 Å². The van der Waals surface area contributed by atoms with Gasteiger partial charge in [0.05, 0.1) is 12.3 Å². The molecule has 1 fully saturated rings. The minimum Gasteiger partial charge on any atom is -0.368 e. The van der Waals surface area contributed by atoms with E-state index in [0.717, 1.165) is 16.8 Å². The van der Waals surface area contributed by atoms with Gasteiger partial charge in [-0.15, -0.1) is 0 Å². The predicted molar refractivity (Wildman–Crippen MR) is 109 cm³/mol. The number of pyridine rings is 1. The number of piperazine rings is 1. The van der Waals surface area contributed by atoms with Crippen molar-refractivity contribution in [3.05, 3.63) is 52.7 Å². The van der Waals surface area contributed by atoms with E-state index in [1.807, 2.05) is 23.1 Å². The Morgan fingerprint density at radius 3 is 2.57 bits per heavy atom. The fraction of sp³-hybridized carbons (Fsp3) is 0.350. The summed E-state index contributed by atoms with van der Waals surface area (Å²) >= 11 is 5.95. The molecule has 2 aliphatic heterocycles. The summed E-state index contributed by atoms with van der Waals surface area (Å²) < 4.78 is 0. The van der Waals surface area contributed by atoms with E-state index >= 15 is 0 Å². The van der Waals surface area contributed by atoms with E-state index in [1.165, 1.54) is 0 Å². The number of nitrogens with two attached hydrogens (primary N) is 1. The lowest BCUT2D eigenvalue weighted by atomic mass is 9.97. The Balaban J connectivity index is 1.44. The van der Waals surface area contributed by atoms with Gasteiger partial charge in [0.2, 0.25) is 11.8 Å². The van der Waals surface area contributed by atoms with Gasteiger partial charge in [-0.3, -0.25) is 9.59 Å². The van der Waals surface area contributed by atoms with Crippen LogP contribution in [0.2, 0.25) is 5.02 Å². The van der Waals surface area contributed by atoms with Crippen molar-refractivity contribution in [2.75, 3.05) is 42.9 Å². The smallest absolute Gasteiger partial charge is 0.231 e. The molecule has 0 aliphatic carbocycles. The molecule has 3 heterocycles. The zero-order valence-corrected chi connectivity index (χ0v) is 16.2. The number of carbonyl (C=O) groups is 2. The number of nitrogens with zero attached hydrogens (tertiary/aromatic N) is 3.